The number of hydrogen-bond acceptors (Lipinski definition) is 3. The van der Waals surface area contributed by atoms with Gasteiger partial charge in [0, 0.05) is 23.5 Å². The van der Waals surface area contributed by atoms with Gasteiger partial charge in [-0.05, 0) is 38.5 Å². The zero-order valence-electron chi connectivity index (χ0n) is 12.8. The molecule has 0 radical (unpaired) electrons. The number of aromatic nitrogens is 1. The number of aryl methyl sites for hydroxylation is 1. The molecule has 118 valence electrons. The zero-order chi connectivity index (χ0) is 15.9. The van der Waals surface area contributed by atoms with Gasteiger partial charge >= 0.3 is 0 Å². The number of carbonyl (C=O) groups excluding carboxylic acids is 1. The first kappa shape index (κ1) is 15.1. The van der Waals surface area contributed by atoms with Crippen molar-refractivity contribution in [1.82, 2.24) is 9.88 Å². The molecule has 5 nitrogen and oxygen atoms in total. The van der Waals surface area contributed by atoms with Crippen LogP contribution in [0.5, 0.6) is 0 Å². The maximum absolute atomic E-state index is 12.7. The van der Waals surface area contributed by atoms with E-state index in [4.69, 9.17) is 0 Å². The van der Waals surface area contributed by atoms with Crippen molar-refractivity contribution in [2.24, 2.45) is 0 Å². The third kappa shape index (κ3) is 2.75. The van der Waals surface area contributed by atoms with Crippen molar-refractivity contribution in [3.8, 4) is 0 Å². The number of sulfone groups is 1. The average molecular weight is 320 g/mol. The van der Waals surface area contributed by atoms with Gasteiger partial charge in [-0.1, -0.05) is 11.6 Å². The van der Waals surface area contributed by atoms with Crippen LogP contribution in [0.3, 0.4) is 0 Å². The van der Waals surface area contributed by atoms with Crippen molar-refractivity contribution in [2.45, 2.75) is 26.3 Å². The van der Waals surface area contributed by atoms with Crippen molar-refractivity contribution in [3.05, 3.63) is 35.5 Å². The lowest BCUT2D eigenvalue weighted by Gasteiger charge is -2.26. The Hall–Kier alpha value is -1.82. The van der Waals surface area contributed by atoms with E-state index >= 15 is 0 Å². The van der Waals surface area contributed by atoms with E-state index in [1.807, 2.05) is 38.1 Å². The first-order valence-corrected chi connectivity index (χ1v) is 9.32. The van der Waals surface area contributed by atoms with E-state index in [2.05, 4.69) is 4.98 Å². The molecule has 1 unspecified atom stereocenters. The molecule has 3 rings (SSSR count). The summed E-state index contributed by atoms with van der Waals surface area (Å²) in [5, 5.41) is 0.999. The number of amides is 1. The van der Waals surface area contributed by atoms with Gasteiger partial charge in [0.1, 0.15) is 5.69 Å². The highest BCUT2D eigenvalue weighted by atomic mass is 32.2. The molecule has 6 heteroatoms. The predicted octanol–water partition coefficient (Wildman–Crippen LogP) is 2.13. The number of nitrogens with one attached hydrogen (secondary N) is 1. The maximum Gasteiger partial charge on any atom is 0.270 e. The lowest BCUT2D eigenvalue weighted by Crippen LogP contribution is -2.41. The first-order valence-electron chi connectivity index (χ1n) is 7.50. The monoisotopic (exact) mass is 320 g/mol. The van der Waals surface area contributed by atoms with Gasteiger partial charge in [0.2, 0.25) is 0 Å². The third-order valence-electron chi connectivity index (χ3n) is 4.26. The lowest BCUT2D eigenvalue weighted by atomic mass is 10.1. The van der Waals surface area contributed by atoms with Crippen molar-refractivity contribution in [2.75, 3.05) is 18.1 Å². The van der Waals surface area contributed by atoms with Crippen LogP contribution in [0, 0.1) is 6.92 Å². The molecule has 2 heterocycles. The van der Waals surface area contributed by atoms with Crippen molar-refractivity contribution in [1.29, 1.82) is 0 Å². The van der Waals surface area contributed by atoms with Gasteiger partial charge in [-0.15, -0.1) is 0 Å². The van der Waals surface area contributed by atoms with Gasteiger partial charge in [-0.2, -0.15) is 0 Å². The predicted molar refractivity (Wildman–Crippen MR) is 86.8 cm³/mol. The highest BCUT2D eigenvalue weighted by molar-refractivity contribution is 7.91. The van der Waals surface area contributed by atoms with Crippen LogP contribution in [0.1, 0.15) is 29.4 Å². The topological polar surface area (TPSA) is 70.2 Å². The van der Waals surface area contributed by atoms with Crippen LogP contribution >= 0.6 is 0 Å². The van der Waals surface area contributed by atoms with E-state index in [1.165, 1.54) is 0 Å². The van der Waals surface area contributed by atoms with E-state index in [9.17, 15) is 13.2 Å². The van der Waals surface area contributed by atoms with Gasteiger partial charge < -0.3 is 9.88 Å². The maximum atomic E-state index is 12.7. The van der Waals surface area contributed by atoms with Crippen LogP contribution in [0.15, 0.2) is 24.3 Å². The second-order valence-corrected chi connectivity index (χ2v) is 8.15. The van der Waals surface area contributed by atoms with Crippen molar-refractivity contribution < 1.29 is 13.2 Å². The average Bonchev–Trinajstić information content (AvgIpc) is 3.02. The summed E-state index contributed by atoms with van der Waals surface area (Å²) < 4.78 is 23.3. The molecule has 0 aliphatic carbocycles. The van der Waals surface area contributed by atoms with Crippen molar-refractivity contribution in [3.63, 3.8) is 0 Å². The molecule has 0 spiro atoms. The number of carbonyl (C=O) groups is 1. The Labute approximate surface area is 130 Å². The van der Waals surface area contributed by atoms with Crippen molar-refractivity contribution >= 4 is 26.6 Å². The van der Waals surface area contributed by atoms with Gasteiger partial charge in [-0.3, -0.25) is 4.79 Å². The number of rotatable bonds is 3. The Morgan fingerprint density at radius 2 is 2.14 bits per heavy atom. The summed E-state index contributed by atoms with van der Waals surface area (Å²) in [6, 6.07) is 7.61. The van der Waals surface area contributed by atoms with Crippen LogP contribution in [-0.2, 0) is 9.84 Å². The minimum Gasteiger partial charge on any atom is -0.351 e. The van der Waals surface area contributed by atoms with Crippen LogP contribution in [0.25, 0.3) is 10.9 Å². The van der Waals surface area contributed by atoms with E-state index in [1.54, 1.807) is 4.90 Å². The second kappa shape index (κ2) is 5.43. The molecular weight excluding hydrogens is 300 g/mol. The molecule has 1 aromatic heterocycles. The summed E-state index contributed by atoms with van der Waals surface area (Å²) in [7, 11) is -3.00. The summed E-state index contributed by atoms with van der Waals surface area (Å²) in [6.45, 7) is 4.40. The molecule has 0 saturated carbocycles. The van der Waals surface area contributed by atoms with E-state index in [0.29, 0.717) is 18.7 Å². The second-order valence-electron chi connectivity index (χ2n) is 5.92. The largest absolute Gasteiger partial charge is 0.351 e. The summed E-state index contributed by atoms with van der Waals surface area (Å²) >= 11 is 0. The van der Waals surface area contributed by atoms with Crippen LogP contribution < -0.4 is 0 Å². The Kier molecular flexibility index (Phi) is 3.72. The normalized spacial score (nSPS) is 20.4. The van der Waals surface area contributed by atoms with Gasteiger partial charge in [0.05, 0.1) is 11.5 Å². The first-order chi connectivity index (χ1) is 10.4. The molecule has 1 aliphatic rings. The zero-order valence-corrected chi connectivity index (χ0v) is 13.6. The molecule has 1 saturated heterocycles. The minimum atomic E-state index is -3.00. The summed E-state index contributed by atoms with van der Waals surface area (Å²) in [6.07, 6.45) is 0.529. The van der Waals surface area contributed by atoms with Gasteiger partial charge in [0.25, 0.3) is 5.91 Å². The van der Waals surface area contributed by atoms with Crippen LogP contribution in [0.4, 0.5) is 0 Å². The molecule has 1 amide bonds. The molecule has 22 heavy (non-hydrogen) atoms. The quantitative estimate of drug-likeness (QED) is 0.942. The fraction of sp³-hybridized carbons (Fsp3) is 0.438. The Balaban J connectivity index is 1.90. The molecular formula is C16H20N2O3S. The third-order valence-corrected chi connectivity index (χ3v) is 6.01. The standard InChI is InChI=1S/C16H20N2O3S/c1-3-18(13-6-7-22(20,21)10-13)16(19)15-9-12-8-11(2)4-5-14(12)17-15/h4-5,8-9,13,17H,3,6-7,10H2,1-2H3. The Morgan fingerprint density at radius 3 is 2.77 bits per heavy atom. The highest BCUT2D eigenvalue weighted by Gasteiger charge is 2.34. The van der Waals surface area contributed by atoms with Gasteiger partial charge in [-0.25, -0.2) is 8.42 Å². The van der Waals surface area contributed by atoms with Gasteiger partial charge in [0.15, 0.2) is 9.84 Å². The fourth-order valence-electron chi connectivity index (χ4n) is 3.11. The summed E-state index contributed by atoms with van der Waals surface area (Å²) in [5.74, 6) is 0.123. The molecule has 1 fully saturated rings. The highest BCUT2D eigenvalue weighted by Crippen LogP contribution is 2.22. The molecule has 1 atom stereocenters. The Morgan fingerprint density at radius 1 is 1.36 bits per heavy atom. The number of nitrogens with zero attached hydrogens (tertiary/aromatic N) is 1. The number of aromatic amines is 1. The SMILES string of the molecule is CCN(C(=O)c1cc2cc(C)ccc2[nH]1)C1CCS(=O)(=O)C1. The summed E-state index contributed by atoms with van der Waals surface area (Å²) in [4.78, 5) is 17.5. The summed E-state index contributed by atoms with van der Waals surface area (Å²) in [5.41, 5.74) is 2.58. The van der Waals surface area contributed by atoms with Crippen LogP contribution in [0.2, 0.25) is 0 Å². The van der Waals surface area contributed by atoms with E-state index < -0.39 is 9.84 Å². The van der Waals surface area contributed by atoms with Crippen LogP contribution in [-0.4, -0.2) is 48.3 Å². The molecule has 1 N–H and O–H groups in total. The molecule has 2 aromatic rings. The number of fused-ring (bicyclic) bond motifs is 1. The van der Waals surface area contributed by atoms with E-state index in [0.717, 1.165) is 16.5 Å². The molecule has 1 aromatic carbocycles. The number of benzene rings is 1. The minimum absolute atomic E-state index is 0.0753. The smallest absolute Gasteiger partial charge is 0.270 e. The number of hydrogen-bond donors (Lipinski definition) is 1. The fourth-order valence-corrected chi connectivity index (χ4v) is 4.84. The van der Waals surface area contributed by atoms with E-state index in [-0.39, 0.29) is 23.5 Å². The lowest BCUT2D eigenvalue weighted by molar-refractivity contribution is 0.0703. The Bertz CT molecular complexity index is 823. The number of H-pyrrole nitrogens is 1. The molecule has 1 aliphatic heterocycles. The molecule has 0 bridgehead atoms.